The van der Waals surface area contributed by atoms with Crippen molar-refractivity contribution in [3.8, 4) is 0 Å². The van der Waals surface area contributed by atoms with E-state index in [9.17, 15) is 9.59 Å². The van der Waals surface area contributed by atoms with Crippen molar-refractivity contribution in [3.63, 3.8) is 0 Å². The summed E-state index contributed by atoms with van der Waals surface area (Å²) in [5, 5.41) is 3.26. The number of likely N-dealkylation sites (tertiary alicyclic amines) is 2. The molecule has 2 heterocycles. The molecule has 2 amide bonds. The first-order valence-electron chi connectivity index (χ1n) is 12.4. The van der Waals surface area contributed by atoms with Crippen LogP contribution in [0, 0.1) is 5.92 Å². The summed E-state index contributed by atoms with van der Waals surface area (Å²) in [7, 11) is 3.47. The van der Waals surface area contributed by atoms with E-state index in [1.807, 2.05) is 58.4 Å². The topological polar surface area (TPSA) is 97.1 Å². The van der Waals surface area contributed by atoms with Crippen molar-refractivity contribution in [2.45, 2.75) is 117 Å². The van der Waals surface area contributed by atoms with Crippen LogP contribution < -0.4 is 11.1 Å². The summed E-state index contributed by atoms with van der Waals surface area (Å²) in [5.41, 5.74) is 3.70. The number of nitrogens with two attached hydrogens (primary N) is 1. The van der Waals surface area contributed by atoms with Crippen LogP contribution in [0.4, 0.5) is 9.59 Å². The van der Waals surface area contributed by atoms with Crippen LogP contribution in [0.15, 0.2) is 0 Å². The first kappa shape index (κ1) is 31.5. The van der Waals surface area contributed by atoms with Gasteiger partial charge >= 0.3 is 12.2 Å². The summed E-state index contributed by atoms with van der Waals surface area (Å²) in [6.45, 7) is 19.4. The number of hydrogen-bond donors (Lipinski definition) is 2. The van der Waals surface area contributed by atoms with Gasteiger partial charge in [0.2, 0.25) is 0 Å². The van der Waals surface area contributed by atoms with Crippen LogP contribution in [-0.4, -0.2) is 78.5 Å². The van der Waals surface area contributed by atoms with Crippen molar-refractivity contribution in [2.24, 2.45) is 11.7 Å². The highest BCUT2D eigenvalue weighted by Gasteiger charge is 2.31. The van der Waals surface area contributed by atoms with E-state index >= 15 is 0 Å². The molecule has 3 N–H and O–H groups in total. The minimum absolute atomic E-state index is 0.165. The smallest absolute Gasteiger partial charge is 0.410 e. The second-order valence-corrected chi connectivity index (χ2v) is 11.2. The van der Waals surface area contributed by atoms with E-state index in [0.29, 0.717) is 12.1 Å². The highest BCUT2D eigenvalue weighted by Crippen LogP contribution is 2.24. The van der Waals surface area contributed by atoms with E-state index in [-0.39, 0.29) is 23.8 Å². The predicted molar refractivity (Wildman–Crippen MR) is 135 cm³/mol. The zero-order valence-corrected chi connectivity index (χ0v) is 23.2. The van der Waals surface area contributed by atoms with E-state index in [0.717, 1.165) is 44.7 Å². The maximum atomic E-state index is 11.9. The molecule has 2 aliphatic rings. The van der Waals surface area contributed by atoms with Crippen molar-refractivity contribution in [1.29, 1.82) is 0 Å². The lowest BCUT2D eigenvalue weighted by atomic mass is 9.94. The maximum Gasteiger partial charge on any atom is 0.410 e. The Morgan fingerprint density at radius 3 is 1.52 bits per heavy atom. The average molecular weight is 473 g/mol. The number of ether oxygens (including phenoxy) is 2. The molecule has 2 rings (SSSR count). The standard InChI is InChI=1S/C12H24N2O2.C12H23NO2.CH5N/c1-9-8-10(13-5)6-7-14(9)11(15)16-12(2,3)4;1-9-6-7-13(10(2)8-9)11(14)15-12(3,4)5;1-2/h9-10,13H,6-8H2,1-5H3;9-10H,6-8H2,1-5H3;2H2,1H3/t9-,10-;9-,10+;/m10./s1. The summed E-state index contributed by atoms with van der Waals surface area (Å²) < 4.78 is 10.8. The lowest BCUT2D eigenvalue weighted by molar-refractivity contribution is 0.00747. The normalized spacial score (nSPS) is 25.7. The van der Waals surface area contributed by atoms with Gasteiger partial charge in [0.05, 0.1) is 0 Å². The number of nitrogens with zero attached hydrogens (tertiary/aromatic N) is 2. The van der Waals surface area contributed by atoms with Gasteiger partial charge < -0.3 is 30.3 Å². The largest absolute Gasteiger partial charge is 0.444 e. The molecule has 0 aliphatic carbocycles. The van der Waals surface area contributed by atoms with Gasteiger partial charge in [-0.2, -0.15) is 0 Å². The lowest BCUT2D eigenvalue weighted by Crippen LogP contribution is -2.50. The second-order valence-electron chi connectivity index (χ2n) is 11.2. The summed E-state index contributed by atoms with van der Waals surface area (Å²) >= 11 is 0. The Bertz CT molecular complexity index is 586. The Morgan fingerprint density at radius 1 is 0.788 bits per heavy atom. The number of nitrogens with one attached hydrogen (secondary N) is 1. The van der Waals surface area contributed by atoms with E-state index < -0.39 is 5.60 Å². The number of carbonyl (C=O) groups excluding carboxylic acids is 2. The number of rotatable bonds is 1. The molecule has 0 saturated carbocycles. The Labute approximate surface area is 202 Å². The molecule has 2 saturated heterocycles. The SMILES string of the molecule is CN.CN[C@@H]1CCN(C(=O)OC(C)(C)C)[C@H](C)C1.C[C@H]1CCN(C(=O)OC(C)(C)C)[C@H](C)C1. The van der Waals surface area contributed by atoms with Crippen molar-refractivity contribution in [3.05, 3.63) is 0 Å². The van der Waals surface area contributed by atoms with E-state index in [4.69, 9.17) is 9.47 Å². The number of amides is 2. The van der Waals surface area contributed by atoms with Crippen molar-refractivity contribution in [2.75, 3.05) is 27.2 Å². The molecule has 8 heteroatoms. The van der Waals surface area contributed by atoms with Gasteiger partial charge in [0.25, 0.3) is 0 Å². The molecule has 0 unspecified atom stereocenters. The van der Waals surface area contributed by atoms with Crippen LogP contribution in [0.2, 0.25) is 0 Å². The van der Waals surface area contributed by atoms with E-state index in [2.05, 4.69) is 31.8 Å². The third-order valence-electron chi connectivity index (χ3n) is 5.68. The Morgan fingerprint density at radius 2 is 1.18 bits per heavy atom. The quantitative estimate of drug-likeness (QED) is 0.578. The van der Waals surface area contributed by atoms with Gasteiger partial charge in [-0.3, -0.25) is 0 Å². The molecule has 4 atom stereocenters. The number of carbonyl (C=O) groups is 2. The summed E-state index contributed by atoms with van der Waals surface area (Å²) in [6.07, 6.45) is 3.81. The molecule has 0 aromatic heterocycles. The fourth-order valence-corrected chi connectivity index (χ4v) is 4.03. The molecule has 0 radical (unpaired) electrons. The lowest BCUT2D eigenvalue weighted by Gasteiger charge is -2.38. The predicted octanol–water partition coefficient (Wildman–Crippen LogP) is 4.61. The van der Waals surface area contributed by atoms with Crippen LogP contribution in [0.5, 0.6) is 0 Å². The summed E-state index contributed by atoms with van der Waals surface area (Å²) in [5.74, 6) is 0.721. The summed E-state index contributed by atoms with van der Waals surface area (Å²) in [4.78, 5) is 27.4. The molecule has 0 spiro atoms. The zero-order valence-electron chi connectivity index (χ0n) is 23.2. The highest BCUT2D eigenvalue weighted by molar-refractivity contribution is 5.69. The molecule has 33 heavy (non-hydrogen) atoms. The van der Waals surface area contributed by atoms with Crippen LogP contribution in [0.1, 0.15) is 88.0 Å². The third kappa shape index (κ3) is 12.5. The monoisotopic (exact) mass is 472 g/mol. The van der Waals surface area contributed by atoms with Crippen LogP contribution in [-0.2, 0) is 9.47 Å². The van der Waals surface area contributed by atoms with Gasteiger partial charge in [0.1, 0.15) is 11.2 Å². The Kier molecular flexibility index (Phi) is 13.3. The van der Waals surface area contributed by atoms with Gasteiger partial charge in [-0.1, -0.05) is 6.92 Å². The third-order valence-corrected chi connectivity index (χ3v) is 5.68. The number of piperidine rings is 2. The maximum absolute atomic E-state index is 11.9. The van der Waals surface area contributed by atoms with Crippen molar-refractivity contribution >= 4 is 12.2 Å². The highest BCUT2D eigenvalue weighted by atomic mass is 16.6. The number of hydrogen-bond acceptors (Lipinski definition) is 6. The van der Waals surface area contributed by atoms with Gasteiger partial charge in [-0.25, -0.2) is 9.59 Å². The van der Waals surface area contributed by atoms with Gasteiger partial charge in [0, 0.05) is 31.2 Å². The fourth-order valence-electron chi connectivity index (χ4n) is 4.03. The molecular formula is C25H52N4O4. The molecule has 0 aromatic carbocycles. The minimum atomic E-state index is -0.406. The van der Waals surface area contributed by atoms with Crippen LogP contribution in [0.3, 0.4) is 0 Å². The molecule has 2 fully saturated rings. The molecule has 196 valence electrons. The molecule has 8 nitrogen and oxygen atoms in total. The fraction of sp³-hybridized carbons (Fsp3) is 0.920. The Balaban J connectivity index is 0.000000578. The van der Waals surface area contributed by atoms with E-state index in [1.165, 1.54) is 7.05 Å². The van der Waals surface area contributed by atoms with Gasteiger partial charge in [-0.05, 0) is 101 Å². The van der Waals surface area contributed by atoms with Gasteiger partial charge in [0.15, 0.2) is 0 Å². The van der Waals surface area contributed by atoms with Crippen molar-refractivity contribution in [1.82, 2.24) is 15.1 Å². The first-order valence-corrected chi connectivity index (χ1v) is 12.4. The second kappa shape index (κ2) is 14.0. The molecular weight excluding hydrogens is 420 g/mol. The average Bonchev–Trinajstić information content (AvgIpc) is 2.67. The minimum Gasteiger partial charge on any atom is -0.444 e. The van der Waals surface area contributed by atoms with E-state index in [1.54, 1.807) is 0 Å². The van der Waals surface area contributed by atoms with Crippen molar-refractivity contribution < 1.29 is 19.1 Å². The summed E-state index contributed by atoms with van der Waals surface area (Å²) in [6, 6.07) is 1.08. The zero-order chi connectivity index (χ0) is 26.0. The first-order chi connectivity index (χ1) is 15.1. The molecule has 0 aromatic rings. The Hall–Kier alpha value is -1.54. The molecule has 2 aliphatic heterocycles. The van der Waals surface area contributed by atoms with Gasteiger partial charge in [-0.15, -0.1) is 0 Å². The molecule has 0 bridgehead atoms. The van der Waals surface area contributed by atoms with Crippen LogP contribution >= 0.6 is 0 Å². The van der Waals surface area contributed by atoms with Crippen LogP contribution in [0.25, 0.3) is 0 Å².